The zero-order chi connectivity index (χ0) is 19.6. The van der Waals surface area contributed by atoms with Gasteiger partial charge in [-0.15, -0.1) is 0 Å². The molecule has 2 aromatic carbocycles. The summed E-state index contributed by atoms with van der Waals surface area (Å²) in [7, 11) is 0. The number of carbonyl (C=O) groups excluding carboxylic acids is 2. The van der Waals surface area contributed by atoms with Crippen molar-refractivity contribution >= 4 is 28.6 Å². The van der Waals surface area contributed by atoms with Crippen LogP contribution < -0.4 is 5.32 Å². The van der Waals surface area contributed by atoms with E-state index in [1.54, 1.807) is 24.3 Å². The lowest BCUT2D eigenvalue weighted by Crippen LogP contribution is -2.30. The van der Waals surface area contributed by atoms with Crippen LogP contribution in [0.2, 0.25) is 0 Å². The van der Waals surface area contributed by atoms with E-state index in [1.807, 2.05) is 13.8 Å². The highest BCUT2D eigenvalue weighted by molar-refractivity contribution is 5.98. The van der Waals surface area contributed by atoms with E-state index in [-0.39, 0.29) is 11.3 Å². The highest BCUT2D eigenvalue weighted by Gasteiger charge is 2.19. The molecule has 0 aliphatic carbocycles. The van der Waals surface area contributed by atoms with E-state index in [2.05, 4.69) is 15.3 Å². The topological polar surface area (TPSA) is 81.2 Å². The van der Waals surface area contributed by atoms with Crippen LogP contribution in [-0.2, 0) is 9.53 Å². The first-order valence-electron chi connectivity index (χ1n) is 8.36. The summed E-state index contributed by atoms with van der Waals surface area (Å²) in [5, 5.41) is 2.50. The minimum atomic E-state index is -1.05. The van der Waals surface area contributed by atoms with Crippen LogP contribution in [-0.4, -0.2) is 27.9 Å². The molecule has 1 heterocycles. The van der Waals surface area contributed by atoms with E-state index in [9.17, 15) is 14.0 Å². The number of amides is 1. The number of carbonyl (C=O) groups is 2. The summed E-state index contributed by atoms with van der Waals surface area (Å²) in [6.45, 7) is 5.15. The summed E-state index contributed by atoms with van der Waals surface area (Å²) >= 11 is 0. The van der Waals surface area contributed by atoms with E-state index in [4.69, 9.17) is 4.74 Å². The molecule has 0 unspecified atom stereocenters. The van der Waals surface area contributed by atoms with Crippen molar-refractivity contribution in [2.24, 2.45) is 0 Å². The Hall–Kier alpha value is -3.35. The molecule has 0 aliphatic heterocycles. The molecule has 1 aromatic heterocycles. The van der Waals surface area contributed by atoms with E-state index < -0.39 is 23.8 Å². The van der Waals surface area contributed by atoms with Gasteiger partial charge in [0, 0.05) is 5.69 Å². The largest absolute Gasteiger partial charge is 0.449 e. The number of fused-ring (bicyclic) bond motifs is 1. The Labute approximate surface area is 155 Å². The quantitative estimate of drug-likeness (QED) is 0.713. The number of nitrogens with zero attached hydrogens (tertiary/aromatic N) is 2. The number of anilines is 1. The van der Waals surface area contributed by atoms with Crippen molar-refractivity contribution in [1.82, 2.24) is 9.97 Å². The number of esters is 1. The molecule has 0 saturated heterocycles. The van der Waals surface area contributed by atoms with Crippen molar-refractivity contribution in [3.63, 3.8) is 0 Å². The van der Waals surface area contributed by atoms with Crippen LogP contribution in [0.5, 0.6) is 0 Å². The molecule has 7 heteroatoms. The Morgan fingerprint density at radius 1 is 1.04 bits per heavy atom. The highest BCUT2D eigenvalue weighted by atomic mass is 19.1. The lowest BCUT2D eigenvalue weighted by atomic mass is 10.2. The number of hydrogen-bond donors (Lipinski definition) is 1. The molecule has 27 heavy (non-hydrogen) atoms. The SMILES string of the molecule is Cc1nc2ccc(C(=O)O[C@H](C)C(=O)Nc3cccc(F)c3)cc2nc1C. The number of halogens is 1. The minimum absolute atomic E-state index is 0.269. The molecule has 0 bridgehead atoms. The number of hydrogen-bond acceptors (Lipinski definition) is 5. The molecule has 0 aliphatic rings. The van der Waals surface area contributed by atoms with E-state index in [0.29, 0.717) is 11.0 Å². The van der Waals surface area contributed by atoms with Crippen molar-refractivity contribution < 1.29 is 18.7 Å². The Kier molecular flexibility index (Phi) is 5.12. The van der Waals surface area contributed by atoms with Gasteiger partial charge in [-0.3, -0.25) is 4.79 Å². The summed E-state index contributed by atoms with van der Waals surface area (Å²) in [4.78, 5) is 33.3. The number of rotatable bonds is 4. The molecule has 1 atom stereocenters. The predicted octanol–water partition coefficient (Wildman–Crippen LogP) is 3.57. The third-order valence-corrected chi connectivity index (χ3v) is 4.06. The summed E-state index contributed by atoms with van der Waals surface area (Å²) in [6.07, 6.45) is -1.05. The van der Waals surface area contributed by atoms with Crippen molar-refractivity contribution in [2.75, 3.05) is 5.32 Å². The van der Waals surface area contributed by atoms with E-state index in [1.165, 1.54) is 25.1 Å². The van der Waals surface area contributed by atoms with Crippen LogP contribution in [0.25, 0.3) is 11.0 Å². The number of aryl methyl sites for hydroxylation is 2. The van der Waals surface area contributed by atoms with Gasteiger partial charge in [-0.1, -0.05) is 6.07 Å². The van der Waals surface area contributed by atoms with Gasteiger partial charge in [0.1, 0.15) is 5.82 Å². The van der Waals surface area contributed by atoms with Crippen molar-refractivity contribution in [1.29, 1.82) is 0 Å². The minimum Gasteiger partial charge on any atom is -0.449 e. The lowest BCUT2D eigenvalue weighted by molar-refractivity contribution is -0.123. The number of ether oxygens (including phenoxy) is 1. The van der Waals surface area contributed by atoms with Gasteiger partial charge in [0.2, 0.25) is 0 Å². The van der Waals surface area contributed by atoms with Gasteiger partial charge in [-0.05, 0) is 57.2 Å². The molecular weight excluding hydrogens is 349 g/mol. The van der Waals surface area contributed by atoms with Crippen molar-refractivity contribution in [2.45, 2.75) is 26.9 Å². The average Bonchev–Trinajstić information content (AvgIpc) is 2.62. The number of benzene rings is 2. The fourth-order valence-electron chi connectivity index (χ4n) is 2.45. The molecule has 0 radical (unpaired) electrons. The summed E-state index contributed by atoms with van der Waals surface area (Å²) in [5.74, 6) is -1.68. The highest BCUT2D eigenvalue weighted by Crippen LogP contribution is 2.16. The average molecular weight is 367 g/mol. The van der Waals surface area contributed by atoms with Crippen molar-refractivity contribution in [3.8, 4) is 0 Å². The predicted molar refractivity (Wildman–Crippen MR) is 98.9 cm³/mol. The monoisotopic (exact) mass is 367 g/mol. The Morgan fingerprint density at radius 2 is 1.74 bits per heavy atom. The second kappa shape index (κ2) is 7.49. The first kappa shape index (κ1) is 18.4. The number of aromatic nitrogens is 2. The van der Waals surface area contributed by atoms with E-state index in [0.717, 1.165) is 11.4 Å². The first-order valence-corrected chi connectivity index (χ1v) is 8.36. The summed E-state index contributed by atoms with van der Waals surface area (Å²) in [6, 6.07) is 10.3. The Morgan fingerprint density at radius 3 is 2.44 bits per heavy atom. The maximum absolute atomic E-state index is 13.2. The molecule has 6 nitrogen and oxygen atoms in total. The molecule has 138 valence electrons. The van der Waals surface area contributed by atoms with Crippen LogP contribution in [0.15, 0.2) is 42.5 Å². The fourth-order valence-corrected chi connectivity index (χ4v) is 2.45. The Bertz CT molecular complexity index is 1040. The standard InChI is InChI=1S/C20H18FN3O3/c1-11-12(2)23-18-9-14(7-8-17(18)22-11)20(26)27-13(3)19(25)24-16-6-4-5-15(21)10-16/h4-10,13H,1-3H3,(H,24,25)/t13-/m1/s1. The third-order valence-electron chi connectivity index (χ3n) is 4.06. The van der Waals surface area contributed by atoms with Gasteiger partial charge in [0.25, 0.3) is 5.91 Å². The maximum atomic E-state index is 13.2. The van der Waals surface area contributed by atoms with Crippen LogP contribution in [0.1, 0.15) is 28.7 Å². The summed E-state index contributed by atoms with van der Waals surface area (Å²) < 4.78 is 18.4. The van der Waals surface area contributed by atoms with Gasteiger partial charge >= 0.3 is 5.97 Å². The summed E-state index contributed by atoms with van der Waals surface area (Å²) in [5.41, 5.74) is 3.40. The molecule has 0 fully saturated rings. The third kappa shape index (κ3) is 4.25. The lowest BCUT2D eigenvalue weighted by Gasteiger charge is -2.14. The van der Waals surface area contributed by atoms with Gasteiger partial charge in [0.05, 0.1) is 28.0 Å². The zero-order valence-corrected chi connectivity index (χ0v) is 15.1. The van der Waals surface area contributed by atoms with Crippen LogP contribution in [0.3, 0.4) is 0 Å². The normalized spacial score (nSPS) is 11.9. The maximum Gasteiger partial charge on any atom is 0.338 e. The molecule has 0 saturated carbocycles. The number of nitrogens with one attached hydrogen (secondary N) is 1. The first-order chi connectivity index (χ1) is 12.8. The van der Waals surface area contributed by atoms with Crippen LogP contribution in [0, 0.1) is 19.7 Å². The fraction of sp³-hybridized carbons (Fsp3) is 0.200. The van der Waals surface area contributed by atoms with Gasteiger partial charge < -0.3 is 10.1 Å². The second-order valence-electron chi connectivity index (χ2n) is 6.15. The van der Waals surface area contributed by atoms with Gasteiger partial charge in [-0.2, -0.15) is 0 Å². The van der Waals surface area contributed by atoms with E-state index >= 15 is 0 Å². The molecule has 3 rings (SSSR count). The van der Waals surface area contributed by atoms with Gasteiger partial charge in [-0.25, -0.2) is 19.2 Å². The molecular formula is C20H18FN3O3. The zero-order valence-electron chi connectivity index (χ0n) is 15.1. The van der Waals surface area contributed by atoms with Crippen LogP contribution in [0.4, 0.5) is 10.1 Å². The molecule has 1 amide bonds. The smallest absolute Gasteiger partial charge is 0.338 e. The van der Waals surface area contributed by atoms with Crippen molar-refractivity contribution in [3.05, 3.63) is 65.2 Å². The molecule has 0 spiro atoms. The van der Waals surface area contributed by atoms with Gasteiger partial charge in [0.15, 0.2) is 6.10 Å². The second-order valence-corrected chi connectivity index (χ2v) is 6.15. The van der Waals surface area contributed by atoms with Crippen LogP contribution >= 0.6 is 0 Å². The Balaban J connectivity index is 1.71. The molecule has 1 N–H and O–H groups in total. The molecule has 3 aromatic rings.